The Labute approximate surface area is 109 Å². The maximum atomic E-state index is 10.1. The lowest BCUT2D eigenvalue weighted by Gasteiger charge is -2.25. The monoisotopic (exact) mass is 264 g/mol. The molecule has 0 bridgehead atoms. The summed E-state index contributed by atoms with van der Waals surface area (Å²) in [6.07, 6.45) is 4.27. The van der Waals surface area contributed by atoms with Crippen molar-refractivity contribution < 1.29 is 5.11 Å². The van der Waals surface area contributed by atoms with Crippen molar-refractivity contribution in [1.29, 1.82) is 0 Å². The normalized spacial score (nSPS) is 22.8. The summed E-state index contributed by atoms with van der Waals surface area (Å²) in [5, 5.41) is 11.5. The van der Waals surface area contributed by atoms with Crippen LogP contribution in [0.1, 0.15) is 17.5 Å². The fourth-order valence-electron chi connectivity index (χ4n) is 2.23. The first-order valence-corrected chi connectivity index (χ1v) is 6.14. The molecule has 1 N–H and O–H groups in total. The smallest absolute Gasteiger partial charge is 0.168 e. The summed E-state index contributed by atoms with van der Waals surface area (Å²) in [5.74, 6) is 0. The molecule has 3 rings (SSSR count). The molecule has 1 unspecified atom stereocenters. The van der Waals surface area contributed by atoms with E-state index in [9.17, 15) is 5.11 Å². The largest absolute Gasteiger partial charge is 0.370 e. The summed E-state index contributed by atoms with van der Waals surface area (Å²) in [5.41, 5.74) is 1.67. The predicted octanol–water partition coefficient (Wildman–Crippen LogP) is 4.29. The minimum absolute atomic E-state index is 0.414. The van der Waals surface area contributed by atoms with Crippen LogP contribution in [0.4, 0.5) is 0 Å². The van der Waals surface area contributed by atoms with E-state index >= 15 is 0 Å². The highest BCUT2D eigenvalue weighted by atomic mass is 35.5. The quantitative estimate of drug-likeness (QED) is 0.704. The molecule has 0 saturated carbocycles. The van der Waals surface area contributed by atoms with Crippen molar-refractivity contribution in [1.82, 2.24) is 0 Å². The van der Waals surface area contributed by atoms with Gasteiger partial charge in [-0.2, -0.15) is 0 Å². The van der Waals surface area contributed by atoms with Crippen LogP contribution in [0.2, 0.25) is 5.02 Å². The standard InChI is InChI=1S/C14H10Cl2O/c15-13-5-1-3-9-7-10-4-2-6-14(16,17)12(10)8-11(9)13/h1-5,7-8,17H,6H2. The highest BCUT2D eigenvalue weighted by Crippen LogP contribution is 2.40. The second kappa shape index (κ2) is 3.74. The molecule has 0 aromatic heterocycles. The van der Waals surface area contributed by atoms with E-state index < -0.39 is 5.06 Å². The Balaban J connectivity index is 2.38. The van der Waals surface area contributed by atoms with Gasteiger partial charge >= 0.3 is 0 Å². The van der Waals surface area contributed by atoms with Gasteiger partial charge < -0.3 is 5.11 Å². The minimum atomic E-state index is -1.32. The van der Waals surface area contributed by atoms with E-state index in [0.717, 1.165) is 21.9 Å². The summed E-state index contributed by atoms with van der Waals surface area (Å²) in [7, 11) is 0. The van der Waals surface area contributed by atoms with Crippen LogP contribution in [0, 0.1) is 0 Å². The molecule has 0 heterocycles. The van der Waals surface area contributed by atoms with Crippen LogP contribution >= 0.6 is 23.2 Å². The summed E-state index contributed by atoms with van der Waals surface area (Å²) in [6.45, 7) is 0. The topological polar surface area (TPSA) is 20.2 Å². The van der Waals surface area contributed by atoms with E-state index in [1.807, 2.05) is 42.5 Å². The highest BCUT2D eigenvalue weighted by Gasteiger charge is 2.29. The van der Waals surface area contributed by atoms with E-state index in [2.05, 4.69) is 0 Å². The Morgan fingerprint density at radius 2 is 2.06 bits per heavy atom. The molecular formula is C14H10Cl2O. The van der Waals surface area contributed by atoms with Gasteiger partial charge in [0, 0.05) is 22.4 Å². The number of fused-ring (bicyclic) bond motifs is 2. The van der Waals surface area contributed by atoms with Crippen molar-refractivity contribution in [2.75, 3.05) is 0 Å². The maximum absolute atomic E-state index is 10.1. The summed E-state index contributed by atoms with van der Waals surface area (Å²) >= 11 is 12.3. The second-order valence-corrected chi connectivity index (χ2v) is 5.30. The summed E-state index contributed by atoms with van der Waals surface area (Å²) < 4.78 is 0. The van der Waals surface area contributed by atoms with E-state index in [-0.39, 0.29) is 0 Å². The SMILES string of the molecule is OC1(Cl)CC=Cc2cc3cccc(Cl)c3cc21. The molecule has 1 atom stereocenters. The van der Waals surface area contributed by atoms with Gasteiger partial charge in [-0.15, -0.1) is 0 Å². The van der Waals surface area contributed by atoms with Gasteiger partial charge in [0.05, 0.1) is 0 Å². The Morgan fingerprint density at radius 1 is 1.24 bits per heavy atom. The average Bonchev–Trinajstić information content (AvgIpc) is 2.27. The Bertz CT molecular complexity index is 629. The third kappa shape index (κ3) is 1.75. The fourth-order valence-corrected chi connectivity index (χ4v) is 2.72. The number of benzene rings is 2. The molecule has 2 aromatic rings. The lowest BCUT2D eigenvalue weighted by Crippen LogP contribution is -2.20. The van der Waals surface area contributed by atoms with Crippen LogP contribution in [0.15, 0.2) is 36.4 Å². The summed E-state index contributed by atoms with van der Waals surface area (Å²) in [6, 6.07) is 9.62. The van der Waals surface area contributed by atoms with E-state index in [1.54, 1.807) is 0 Å². The number of halogens is 2. The van der Waals surface area contributed by atoms with Gasteiger partial charge in [0.2, 0.25) is 0 Å². The first-order chi connectivity index (χ1) is 8.08. The molecule has 2 aromatic carbocycles. The number of hydrogen-bond acceptors (Lipinski definition) is 1. The van der Waals surface area contributed by atoms with Crippen molar-refractivity contribution in [3.8, 4) is 0 Å². The van der Waals surface area contributed by atoms with E-state index in [1.165, 1.54) is 0 Å². The van der Waals surface area contributed by atoms with Crippen molar-refractivity contribution >= 4 is 40.1 Å². The molecule has 86 valence electrons. The lowest BCUT2D eigenvalue weighted by atomic mass is 9.91. The van der Waals surface area contributed by atoms with Gasteiger partial charge in [-0.05, 0) is 29.1 Å². The number of aliphatic hydroxyl groups is 1. The molecule has 0 saturated heterocycles. The van der Waals surface area contributed by atoms with Gasteiger partial charge in [0.25, 0.3) is 0 Å². The molecule has 0 fully saturated rings. The molecule has 17 heavy (non-hydrogen) atoms. The molecule has 1 aliphatic carbocycles. The molecular weight excluding hydrogens is 255 g/mol. The Morgan fingerprint density at radius 3 is 2.88 bits per heavy atom. The van der Waals surface area contributed by atoms with E-state index in [4.69, 9.17) is 23.2 Å². The third-order valence-electron chi connectivity index (χ3n) is 3.10. The van der Waals surface area contributed by atoms with Crippen LogP contribution in [0.5, 0.6) is 0 Å². The van der Waals surface area contributed by atoms with Crippen LogP contribution in [0.25, 0.3) is 16.8 Å². The minimum Gasteiger partial charge on any atom is -0.370 e. The third-order valence-corrected chi connectivity index (χ3v) is 3.78. The zero-order valence-electron chi connectivity index (χ0n) is 8.95. The molecule has 1 nitrogen and oxygen atoms in total. The lowest BCUT2D eigenvalue weighted by molar-refractivity contribution is 0.131. The van der Waals surface area contributed by atoms with Crippen LogP contribution in [-0.2, 0) is 5.06 Å². The molecule has 1 aliphatic rings. The first kappa shape index (κ1) is 11.1. The van der Waals surface area contributed by atoms with Crippen molar-refractivity contribution in [3.05, 3.63) is 52.6 Å². The molecule has 0 aliphatic heterocycles. The molecule has 0 amide bonds. The van der Waals surface area contributed by atoms with Crippen LogP contribution in [-0.4, -0.2) is 5.11 Å². The summed E-state index contributed by atoms with van der Waals surface area (Å²) in [4.78, 5) is 0. The van der Waals surface area contributed by atoms with Crippen LogP contribution in [0.3, 0.4) is 0 Å². The fraction of sp³-hybridized carbons (Fsp3) is 0.143. The van der Waals surface area contributed by atoms with Crippen molar-refractivity contribution in [2.45, 2.75) is 11.5 Å². The van der Waals surface area contributed by atoms with Gasteiger partial charge in [0.1, 0.15) is 0 Å². The Kier molecular flexibility index (Phi) is 2.44. The molecule has 0 radical (unpaired) electrons. The van der Waals surface area contributed by atoms with Gasteiger partial charge in [0.15, 0.2) is 5.06 Å². The van der Waals surface area contributed by atoms with Crippen molar-refractivity contribution in [2.24, 2.45) is 0 Å². The number of hydrogen-bond donors (Lipinski definition) is 1. The van der Waals surface area contributed by atoms with Gasteiger partial charge in [-0.1, -0.05) is 47.5 Å². The van der Waals surface area contributed by atoms with Crippen LogP contribution < -0.4 is 0 Å². The predicted molar refractivity (Wildman–Crippen MR) is 72.4 cm³/mol. The molecule has 3 heteroatoms. The maximum Gasteiger partial charge on any atom is 0.168 e. The second-order valence-electron chi connectivity index (χ2n) is 4.27. The zero-order valence-corrected chi connectivity index (χ0v) is 10.5. The molecule has 0 spiro atoms. The number of rotatable bonds is 0. The Hall–Kier alpha value is -1.02. The first-order valence-electron chi connectivity index (χ1n) is 5.38. The highest BCUT2D eigenvalue weighted by molar-refractivity contribution is 6.35. The average molecular weight is 265 g/mol. The van der Waals surface area contributed by atoms with E-state index in [0.29, 0.717) is 11.4 Å². The zero-order chi connectivity index (χ0) is 12.0. The van der Waals surface area contributed by atoms with Gasteiger partial charge in [-0.3, -0.25) is 0 Å². The van der Waals surface area contributed by atoms with Gasteiger partial charge in [-0.25, -0.2) is 0 Å². The van der Waals surface area contributed by atoms with Crippen molar-refractivity contribution in [3.63, 3.8) is 0 Å². The number of alkyl halides is 1.